The third kappa shape index (κ3) is 30.0. The van der Waals surface area contributed by atoms with Gasteiger partial charge in [-0.3, -0.25) is 38.4 Å². The van der Waals surface area contributed by atoms with Gasteiger partial charge in [-0.2, -0.15) is 0 Å². The lowest BCUT2D eigenvalue weighted by Crippen LogP contribution is -2.55. The van der Waals surface area contributed by atoms with Gasteiger partial charge in [-0.25, -0.2) is 9.59 Å². The van der Waals surface area contributed by atoms with Gasteiger partial charge in [-0.05, 0) is 97.7 Å². The minimum absolute atomic E-state index is 0.0340. The van der Waals surface area contributed by atoms with Crippen LogP contribution >= 0.6 is 0 Å². The number of hydrogen-bond acceptors (Lipinski definition) is 20. The third-order valence-corrected chi connectivity index (χ3v) is 19.7. The molecule has 1 aliphatic heterocycles. The molecule has 1 fully saturated rings. The number of ether oxygens (including phenoxy) is 7. The summed E-state index contributed by atoms with van der Waals surface area (Å²) in [5, 5.41) is 24.9. The van der Waals surface area contributed by atoms with Gasteiger partial charge in [0.1, 0.15) is 6.61 Å². The number of hydrogen-bond donors (Lipinski definition) is 9. The van der Waals surface area contributed by atoms with E-state index in [0.29, 0.717) is 106 Å². The maximum atomic E-state index is 14.9. The van der Waals surface area contributed by atoms with Crippen molar-refractivity contribution in [2.24, 2.45) is 47.2 Å². The van der Waals surface area contributed by atoms with Crippen LogP contribution in [0.3, 0.4) is 0 Å². The minimum Gasteiger partial charge on any atom is -0.445 e. The van der Waals surface area contributed by atoms with Gasteiger partial charge in [-0.15, -0.1) is 0 Å². The molecule has 4 rings (SSSR count). The van der Waals surface area contributed by atoms with E-state index in [1.807, 2.05) is 59.7 Å². The van der Waals surface area contributed by atoms with Crippen LogP contribution in [0.25, 0.3) is 0 Å². The van der Waals surface area contributed by atoms with Gasteiger partial charge in [0.15, 0.2) is 11.6 Å². The average Bonchev–Trinajstić information content (AvgIpc) is 1.78. The molecule has 598 valence electrons. The largest absolute Gasteiger partial charge is 0.445 e. The molecule has 29 heteroatoms. The molecule has 0 spiro atoms. The van der Waals surface area contributed by atoms with Crippen LogP contribution in [0.2, 0.25) is 0 Å². The van der Waals surface area contributed by atoms with Gasteiger partial charge in [0.05, 0.1) is 125 Å². The summed E-state index contributed by atoms with van der Waals surface area (Å²) in [6.45, 7) is 21.2. The van der Waals surface area contributed by atoms with Crippen molar-refractivity contribution in [3.05, 3.63) is 89.5 Å². The molecule has 0 aromatic heterocycles. The Hall–Kier alpha value is -8.32. The Morgan fingerprint density at radius 3 is 1.86 bits per heavy atom. The number of urea groups is 1. The zero-order chi connectivity index (χ0) is 79.4. The molecule has 12 atom stereocenters. The Bertz CT molecular complexity index is 3270. The number of carbonyl (C=O) groups excluding carboxylic acids is 10. The topological polar surface area (TPSA) is 403 Å². The molecule has 0 radical (unpaired) electrons. The Morgan fingerprint density at radius 2 is 1.29 bits per heavy atom. The predicted octanol–water partition coefficient (Wildman–Crippen LogP) is 6.82. The summed E-state index contributed by atoms with van der Waals surface area (Å²) in [4.78, 5) is 141. The van der Waals surface area contributed by atoms with Crippen LogP contribution in [0.5, 0.6) is 0 Å². The molecule has 0 aliphatic carbocycles. The zero-order valence-electron chi connectivity index (χ0n) is 65.4. The van der Waals surface area contributed by atoms with E-state index in [-0.39, 0.29) is 124 Å². The number of aliphatic hydroxyl groups is 1. The third-order valence-electron chi connectivity index (χ3n) is 19.7. The highest BCUT2D eigenvalue weighted by Gasteiger charge is 2.44. The first-order chi connectivity index (χ1) is 50.9. The number of carbonyl (C=O) groups is 10. The van der Waals surface area contributed by atoms with Crippen LogP contribution in [0, 0.1) is 41.4 Å². The summed E-state index contributed by atoms with van der Waals surface area (Å²) in [5.74, 6) is -6.29. The Morgan fingerprint density at radius 1 is 0.664 bits per heavy atom. The van der Waals surface area contributed by atoms with Gasteiger partial charge < -0.3 is 96.7 Å². The molecule has 0 saturated carbocycles. The highest BCUT2D eigenvalue weighted by molar-refractivity contribution is 5.98. The van der Waals surface area contributed by atoms with Crippen LogP contribution in [0.1, 0.15) is 155 Å². The summed E-state index contributed by atoms with van der Waals surface area (Å²) in [5.41, 5.74) is 19.5. The monoisotopic (exact) mass is 1500 g/mol. The van der Waals surface area contributed by atoms with E-state index in [0.717, 1.165) is 0 Å². The highest BCUT2D eigenvalue weighted by Crippen LogP contribution is 2.32. The lowest BCUT2D eigenvalue weighted by Gasteiger charge is -2.41. The number of nitrogens with zero attached hydrogens (tertiary/aromatic N) is 3. The number of nitrogens with one attached hydrogen (secondary N) is 5. The van der Waals surface area contributed by atoms with Crippen molar-refractivity contribution < 1.29 is 86.2 Å². The van der Waals surface area contributed by atoms with Crippen molar-refractivity contribution in [1.29, 1.82) is 0 Å². The Labute approximate surface area is 632 Å². The van der Waals surface area contributed by atoms with Crippen molar-refractivity contribution in [2.75, 3.05) is 118 Å². The minimum atomic E-state index is -0.976. The second-order valence-corrected chi connectivity index (χ2v) is 28.7. The van der Waals surface area contributed by atoms with Gasteiger partial charge in [-0.1, -0.05) is 111 Å². The van der Waals surface area contributed by atoms with Gasteiger partial charge in [0.2, 0.25) is 29.5 Å². The number of ketones is 2. The molecule has 0 unspecified atom stereocenters. The fourth-order valence-corrected chi connectivity index (χ4v) is 13.3. The first-order valence-electron chi connectivity index (χ1n) is 37.4. The predicted molar refractivity (Wildman–Crippen MR) is 407 cm³/mol. The highest BCUT2D eigenvalue weighted by atomic mass is 16.6. The molecular weight excluding hydrogens is 1380 g/mol. The molecule has 12 N–H and O–H groups in total. The first-order valence-corrected chi connectivity index (χ1v) is 37.4. The number of aliphatic hydroxyl groups excluding tert-OH is 1. The number of nitrogens with two attached hydrogens (primary N) is 3. The van der Waals surface area contributed by atoms with Crippen molar-refractivity contribution in [3.8, 4) is 0 Å². The number of primary amides is 1. The molecule has 3 aromatic rings. The van der Waals surface area contributed by atoms with E-state index in [4.69, 9.17) is 50.4 Å². The van der Waals surface area contributed by atoms with E-state index in [1.54, 1.807) is 93.1 Å². The number of rotatable bonds is 50. The summed E-state index contributed by atoms with van der Waals surface area (Å²) >= 11 is 0. The maximum absolute atomic E-state index is 14.9. The Balaban J connectivity index is 1.27. The number of likely N-dealkylation sites (tertiary alicyclic amines) is 1. The number of likely N-dealkylation sites (N-methyl/N-ethyl adjacent to an activating group) is 2. The van der Waals surface area contributed by atoms with E-state index in [1.165, 1.54) is 32.2 Å². The van der Waals surface area contributed by atoms with Crippen LogP contribution < -0.4 is 43.8 Å². The molecule has 107 heavy (non-hydrogen) atoms. The van der Waals surface area contributed by atoms with Crippen molar-refractivity contribution in [2.45, 2.75) is 182 Å². The van der Waals surface area contributed by atoms with Crippen molar-refractivity contribution >= 4 is 76.2 Å². The second kappa shape index (κ2) is 47.5. The summed E-state index contributed by atoms with van der Waals surface area (Å²) in [6.07, 6.45) is -1.23. The molecule has 1 saturated heterocycles. The quantitative estimate of drug-likeness (QED) is 0.0207. The molecule has 29 nitrogen and oxygen atoms in total. The molecule has 1 heterocycles. The van der Waals surface area contributed by atoms with E-state index in [9.17, 15) is 53.1 Å². The summed E-state index contributed by atoms with van der Waals surface area (Å²) in [7, 11) is 6.19. The number of nitrogen functional groups attached to an aromatic ring is 2. The molecule has 1 aliphatic rings. The summed E-state index contributed by atoms with van der Waals surface area (Å²) < 4.78 is 40.0. The fraction of sp³-hybridized carbons (Fsp3) is 0.641. The van der Waals surface area contributed by atoms with Gasteiger partial charge >= 0.3 is 12.1 Å². The van der Waals surface area contributed by atoms with E-state index < -0.39 is 90.2 Å². The summed E-state index contributed by atoms with van der Waals surface area (Å²) in [6, 6.07) is 16.0. The maximum Gasteiger partial charge on any atom is 0.410 e. The SMILES string of the molecule is CC[C@H](C)[C@@H]([C@@H](CC(=O)N1CCC[C@H]1[C@H](OC)[C@@H](C)C(=O)N[C@H](C)[C@@H](O)c1ccccc1)OC)N(C)C(=O)[C@@H](CC(=O)[C@H](C(C)C)N(C)C(=O)OCc1ccc(NC(=O)[C@H](CCCNC(N)=O)CC(=O)[C@@H](NC(=O)CCOCCOCCOCCOCCNC(=O)c2ccc(N)c(N)c2)C(C)C)cc1)C(C)C. The molecule has 3 aromatic carbocycles. The smallest absolute Gasteiger partial charge is 0.410 e. The zero-order valence-corrected chi connectivity index (χ0v) is 65.4. The van der Waals surface area contributed by atoms with Gasteiger partial charge in [0, 0.05) is 90.3 Å². The van der Waals surface area contributed by atoms with Crippen molar-refractivity contribution in [1.82, 2.24) is 36.0 Å². The van der Waals surface area contributed by atoms with Crippen LogP contribution in [0.15, 0.2) is 72.8 Å². The van der Waals surface area contributed by atoms with Crippen LogP contribution in [-0.2, 0) is 73.3 Å². The number of Topliss-reactive ketones (excluding diaryl/α,β-unsaturated/α-hetero) is 2. The van der Waals surface area contributed by atoms with Crippen molar-refractivity contribution in [3.63, 3.8) is 0 Å². The lowest BCUT2D eigenvalue weighted by molar-refractivity contribution is -0.149. The second-order valence-electron chi connectivity index (χ2n) is 28.7. The normalized spacial score (nSPS) is 16.1. The number of anilines is 3. The van der Waals surface area contributed by atoms with Gasteiger partial charge in [0.25, 0.3) is 5.91 Å². The average molecular weight is 1500 g/mol. The fourth-order valence-electron chi connectivity index (χ4n) is 13.3. The van der Waals surface area contributed by atoms with E-state index >= 15 is 0 Å². The standard InChI is InChI=1S/C78H123N11O18/c1-15-51(8)70(65(101-13)46-67(93)89-34-20-24-62(89)72(102-14)52(9)73(95)84-53(10)71(94)55-21-17-16-18-22-55)87(11)76(98)59(48(2)3)45-64(91)69(50(6)7)88(12)78(100)107-47-54-25-28-58(29-26-54)85-75(97)56(23-19-32-83-77(81)99)44-63(90)68(49(4)5)86-66(92)31-35-103-37-39-105-41-42-106-40-38-104-36-33-82-74(96)57-27-30-60(79)61(80)43-57/h16-18,21-22,25-30,43,48-53,56,59,62,65,68-72,94H,15,19-20,23-24,31-42,44-47,79-80H2,1-14H3,(H,82,96)(H,84,95)(H,85,97)(H,86,92)(H3,81,83,99)/t51-,52+,53+,56+,59-,62-,65+,68-,69-,70-,71+,72+/m0/s1. The molecule has 9 amide bonds. The number of benzene rings is 3. The lowest BCUT2D eigenvalue weighted by atomic mass is 9.83. The first kappa shape index (κ1) is 91.1. The van der Waals surface area contributed by atoms with Crippen LogP contribution in [-0.4, -0.2) is 222 Å². The van der Waals surface area contributed by atoms with E-state index in [2.05, 4.69) is 26.6 Å². The Kier molecular flexibility index (Phi) is 40.4. The number of methoxy groups -OCH3 is 2. The molecule has 0 bridgehead atoms. The van der Waals surface area contributed by atoms with Crippen LogP contribution in [0.4, 0.5) is 26.7 Å². The molecular formula is C78H123N11O18. The number of amides is 9.